The number of aliphatic hydroxyl groups is 4. The summed E-state index contributed by atoms with van der Waals surface area (Å²) in [4.78, 5) is 19.2. The molecule has 0 spiro atoms. The molecule has 9 aromatic rings. The molecule has 0 saturated heterocycles. The highest BCUT2D eigenvalue weighted by atomic mass is 35.5. The normalized spacial score (nSPS) is 12.4. The second kappa shape index (κ2) is 38.4. The van der Waals surface area contributed by atoms with Gasteiger partial charge in [-0.15, -0.1) is 0 Å². The van der Waals surface area contributed by atoms with E-state index in [0.717, 1.165) is 204 Å². The number of pyridine rings is 3. The highest BCUT2D eigenvalue weighted by Gasteiger charge is 2.22. The van der Waals surface area contributed by atoms with E-state index >= 15 is 0 Å². The van der Waals surface area contributed by atoms with Crippen LogP contribution in [0.15, 0.2) is 127 Å². The summed E-state index contributed by atoms with van der Waals surface area (Å²) in [6.45, 7) is 23.5. The topological polar surface area (TPSA) is 138 Å². The van der Waals surface area contributed by atoms with E-state index in [4.69, 9.17) is 89.7 Å². The molecule has 9 rings (SSSR count). The van der Waals surface area contributed by atoms with Crippen LogP contribution >= 0.6 is 69.6 Å². The lowest BCUT2D eigenvalue weighted by Gasteiger charge is -2.26. The molecule has 3 atom stereocenters. The molecule has 6 aromatic carbocycles. The Bertz CT molecular complexity index is 3530. The lowest BCUT2D eigenvalue weighted by Crippen LogP contribution is -2.31. The van der Waals surface area contributed by atoms with Gasteiger partial charge in [-0.1, -0.05) is 173 Å². The number of nitrogens with zero attached hydrogens (tertiary/aromatic N) is 5. The van der Waals surface area contributed by atoms with Gasteiger partial charge in [0.05, 0.1) is 51.9 Å². The van der Waals surface area contributed by atoms with Gasteiger partial charge in [0.25, 0.3) is 0 Å². The Hall–Kier alpha value is -4.99. The van der Waals surface area contributed by atoms with Crippen molar-refractivity contribution in [1.29, 1.82) is 0 Å². The molecule has 3 heterocycles. The van der Waals surface area contributed by atoms with Gasteiger partial charge in [0, 0.05) is 89.7 Å². The Morgan fingerprint density at radius 1 is 0.385 bits per heavy atom. The fraction of sp³-hybridized carbons (Fsp3) is 0.400. The average Bonchev–Trinajstić information content (AvgIpc) is 1.10. The van der Waals surface area contributed by atoms with Crippen LogP contribution in [-0.2, 0) is 0 Å². The predicted octanol–water partition coefficient (Wildman–Crippen LogP) is 20.5. The first-order valence-electron chi connectivity index (χ1n) is 32.1. The number of unbranched alkanes of at least 4 members (excludes halogenated alkanes) is 5. The molecule has 0 radical (unpaired) electrons. The molecule has 91 heavy (non-hydrogen) atoms. The minimum atomic E-state index is -0.626. The van der Waals surface area contributed by atoms with E-state index in [1.165, 1.54) is 0 Å². The number of aliphatic hydroxyl groups excluding tert-OH is 4. The van der Waals surface area contributed by atoms with Gasteiger partial charge < -0.3 is 35.5 Å². The number of aromatic nitrogens is 3. The molecular formula is C75H92Cl6N6O4. The monoisotopic (exact) mass is 1350 g/mol. The number of benzene rings is 6. The quantitative estimate of drug-likeness (QED) is 0.0316. The van der Waals surface area contributed by atoms with Crippen molar-refractivity contribution in [3.05, 3.63) is 191 Å². The van der Waals surface area contributed by atoms with Crippen molar-refractivity contribution in [2.75, 3.05) is 59.5 Å². The van der Waals surface area contributed by atoms with Crippen molar-refractivity contribution in [3.63, 3.8) is 0 Å². The maximum atomic E-state index is 11.3. The van der Waals surface area contributed by atoms with Crippen molar-refractivity contribution in [3.8, 4) is 33.8 Å². The molecule has 0 fully saturated rings. The van der Waals surface area contributed by atoms with Crippen LogP contribution in [0.5, 0.6) is 0 Å². The minimum absolute atomic E-state index is 0.501. The summed E-state index contributed by atoms with van der Waals surface area (Å²) in [5.74, 6) is 0. The first-order valence-corrected chi connectivity index (χ1v) is 34.4. The predicted molar refractivity (Wildman–Crippen MR) is 389 cm³/mol. The van der Waals surface area contributed by atoms with Gasteiger partial charge in [-0.2, -0.15) is 0 Å². The summed E-state index contributed by atoms with van der Waals surface area (Å²) >= 11 is 37.3. The standard InChI is InChI=1S/2C26H32Cl2N2O.C22H24Cl2N2O.CH4O/c2*1-4-6-12-30(13-7-5-2)17-26(31)22-15-24(19-8-10-20(27)11-9-19)29-25-16-23(28)18(3)14-21(22)25;1-3-4-9-25-13-22(27)18-11-20(15-5-7-16(23)8-6-15)26-21-12-19(24)14(2)10-17(18)21;1-2/h2*8-11,14-16,26,31H,4-7,12-13,17H2,1-3H3;5-8,10-12,22,25,27H,3-4,9,13H2,1-2H3;2H,1H3. The zero-order valence-corrected chi connectivity index (χ0v) is 58.9. The van der Waals surface area contributed by atoms with Crippen LogP contribution in [0.2, 0.25) is 30.1 Å². The molecule has 10 nitrogen and oxygen atoms in total. The number of rotatable bonds is 27. The van der Waals surface area contributed by atoms with Gasteiger partial charge in [0.1, 0.15) is 0 Å². The Morgan fingerprint density at radius 3 is 0.934 bits per heavy atom. The molecule has 0 bridgehead atoms. The van der Waals surface area contributed by atoms with Crippen LogP contribution in [0.1, 0.15) is 151 Å². The molecule has 0 saturated carbocycles. The van der Waals surface area contributed by atoms with Gasteiger partial charge in [-0.25, -0.2) is 15.0 Å². The highest BCUT2D eigenvalue weighted by Crippen LogP contribution is 2.37. The van der Waals surface area contributed by atoms with Gasteiger partial charge in [0.15, 0.2) is 0 Å². The van der Waals surface area contributed by atoms with Gasteiger partial charge >= 0.3 is 0 Å². The molecular weight excluding hydrogens is 1260 g/mol. The van der Waals surface area contributed by atoms with E-state index in [0.29, 0.717) is 49.8 Å². The summed E-state index contributed by atoms with van der Waals surface area (Å²) in [6, 6.07) is 40.5. The smallest absolute Gasteiger partial charge is 0.0924 e. The molecule has 0 amide bonds. The minimum Gasteiger partial charge on any atom is -0.400 e. The molecule has 16 heteroatoms. The third-order valence-corrected chi connectivity index (χ3v) is 18.1. The van der Waals surface area contributed by atoms with Crippen molar-refractivity contribution in [2.45, 2.75) is 138 Å². The van der Waals surface area contributed by atoms with Crippen LogP contribution in [0.4, 0.5) is 0 Å². The van der Waals surface area contributed by atoms with Gasteiger partial charge in [0.2, 0.25) is 0 Å². The molecule has 0 aliphatic carbocycles. The van der Waals surface area contributed by atoms with Crippen molar-refractivity contribution in [2.24, 2.45) is 0 Å². The SMILES string of the molecule is CCCCN(CCCC)CC(O)c1cc(-c2ccc(Cl)cc2)nc2cc(Cl)c(C)cc12.CCCCN(CCCC)CC(O)c1cc(-c2ccc(Cl)cc2)nc2cc(Cl)c(C)cc12.CCCCNCC(O)c1cc(-c2ccc(Cl)cc2)nc2cc(Cl)c(C)cc12.CO. The summed E-state index contributed by atoms with van der Waals surface area (Å²) < 4.78 is 0. The second-order valence-corrected chi connectivity index (χ2v) is 25.8. The zero-order valence-electron chi connectivity index (χ0n) is 54.4. The van der Waals surface area contributed by atoms with E-state index in [1.54, 1.807) is 0 Å². The molecule has 488 valence electrons. The molecule has 0 aliphatic heterocycles. The van der Waals surface area contributed by atoms with Crippen LogP contribution in [0.3, 0.4) is 0 Å². The van der Waals surface area contributed by atoms with Gasteiger partial charge in [-0.05, 0) is 210 Å². The summed E-state index contributed by atoms with van der Waals surface area (Å²) in [7, 11) is 1.00. The average molecular weight is 1350 g/mol. The van der Waals surface area contributed by atoms with Crippen molar-refractivity contribution < 1.29 is 20.4 Å². The second-order valence-electron chi connectivity index (χ2n) is 23.3. The van der Waals surface area contributed by atoms with Crippen LogP contribution in [-0.4, -0.2) is 105 Å². The summed E-state index contributed by atoms with van der Waals surface area (Å²) in [5.41, 5.74) is 13.3. The number of halogens is 6. The third kappa shape index (κ3) is 22.0. The number of fused-ring (bicyclic) bond motifs is 3. The molecule has 3 aromatic heterocycles. The number of hydrogen-bond acceptors (Lipinski definition) is 10. The Kier molecular flexibility index (Phi) is 31.7. The van der Waals surface area contributed by atoms with Crippen LogP contribution < -0.4 is 5.32 Å². The fourth-order valence-electron chi connectivity index (χ4n) is 10.7. The van der Waals surface area contributed by atoms with Crippen molar-refractivity contribution >= 4 is 102 Å². The Balaban J connectivity index is 0.000000215. The maximum Gasteiger partial charge on any atom is 0.0924 e. The fourth-order valence-corrected chi connectivity index (χ4v) is 11.6. The van der Waals surface area contributed by atoms with E-state index < -0.39 is 18.3 Å². The zero-order chi connectivity index (χ0) is 66.1. The summed E-state index contributed by atoms with van der Waals surface area (Å²) in [6.07, 6.45) is 9.52. The van der Waals surface area contributed by atoms with Crippen molar-refractivity contribution in [1.82, 2.24) is 30.1 Å². The van der Waals surface area contributed by atoms with E-state index in [1.807, 2.05) is 148 Å². The first kappa shape index (κ1) is 75.0. The molecule has 0 aliphatic rings. The molecule has 3 unspecified atom stereocenters. The summed E-state index contributed by atoms with van der Waals surface area (Å²) in [5, 5.41) is 50.8. The van der Waals surface area contributed by atoms with Crippen LogP contribution in [0.25, 0.3) is 66.5 Å². The number of hydrogen-bond donors (Lipinski definition) is 5. The van der Waals surface area contributed by atoms with E-state index in [2.05, 4.69) is 49.7 Å². The Morgan fingerprint density at radius 2 is 0.659 bits per heavy atom. The lowest BCUT2D eigenvalue weighted by molar-refractivity contribution is 0.112. The van der Waals surface area contributed by atoms with Gasteiger partial charge in [-0.3, -0.25) is 0 Å². The first-order chi connectivity index (χ1) is 43.8. The van der Waals surface area contributed by atoms with E-state index in [9.17, 15) is 15.3 Å². The lowest BCUT2D eigenvalue weighted by atomic mass is 9.98. The number of aryl methyl sites for hydroxylation is 3. The van der Waals surface area contributed by atoms with Crippen LogP contribution in [0, 0.1) is 20.8 Å². The maximum absolute atomic E-state index is 11.3. The largest absolute Gasteiger partial charge is 0.400 e. The third-order valence-electron chi connectivity index (χ3n) is 16.1. The highest BCUT2D eigenvalue weighted by molar-refractivity contribution is 6.33. The Labute approximate surface area is 570 Å². The molecule has 5 N–H and O–H groups in total. The van der Waals surface area contributed by atoms with E-state index in [-0.39, 0.29) is 0 Å². The number of nitrogens with one attached hydrogen (secondary N) is 1.